The Morgan fingerprint density at radius 2 is 1.90 bits per heavy atom. The van der Waals surface area contributed by atoms with Gasteiger partial charge in [0.25, 0.3) is 0 Å². The highest BCUT2D eigenvalue weighted by molar-refractivity contribution is 5.82. The van der Waals surface area contributed by atoms with E-state index in [1.807, 2.05) is 37.3 Å². The average molecular weight is 545 g/mol. The third-order valence-electron chi connectivity index (χ3n) is 9.57. The van der Waals surface area contributed by atoms with Crippen molar-refractivity contribution in [3.8, 4) is 0 Å². The van der Waals surface area contributed by atoms with E-state index in [4.69, 9.17) is 24.0 Å². The molecule has 0 radical (unpaired) electrons. The summed E-state index contributed by atoms with van der Waals surface area (Å²) in [6.45, 7) is 7.19. The molecule has 1 spiro atoms. The quantitative estimate of drug-likeness (QED) is 0.338. The SMILES string of the molecule is CN[C@@H](CCC(=O)OCc1ccccc1)C(=O)NCC[C@H]1O[C@@H]2O[C@]3(C)CC[C@H]4[C@H](C)CC[C@@H]([C@H]1C)[C@@]24OO3. The zero-order valence-electron chi connectivity index (χ0n) is 23.6. The molecular formula is C30H44N2O7. The van der Waals surface area contributed by atoms with Gasteiger partial charge in [-0.25, -0.2) is 9.78 Å². The number of nitrogens with one attached hydrogen (secondary N) is 2. The number of fused-ring (bicyclic) bond motifs is 2. The van der Waals surface area contributed by atoms with Gasteiger partial charge in [-0.05, 0) is 69.4 Å². The molecule has 9 nitrogen and oxygen atoms in total. The van der Waals surface area contributed by atoms with Gasteiger partial charge >= 0.3 is 5.97 Å². The molecule has 39 heavy (non-hydrogen) atoms. The molecule has 216 valence electrons. The topological polar surface area (TPSA) is 104 Å². The molecule has 5 aliphatic rings. The van der Waals surface area contributed by atoms with E-state index in [1.165, 1.54) is 0 Å². The van der Waals surface area contributed by atoms with Gasteiger partial charge in [0.2, 0.25) is 11.7 Å². The first-order valence-electron chi connectivity index (χ1n) is 14.6. The summed E-state index contributed by atoms with van der Waals surface area (Å²) in [4.78, 5) is 37.2. The molecule has 0 unspecified atom stereocenters. The zero-order valence-corrected chi connectivity index (χ0v) is 23.6. The van der Waals surface area contributed by atoms with Crippen molar-refractivity contribution in [3.63, 3.8) is 0 Å². The Hall–Kier alpha value is -2.04. The summed E-state index contributed by atoms with van der Waals surface area (Å²) in [6.07, 6.45) is 4.67. The smallest absolute Gasteiger partial charge is 0.306 e. The number of hydrogen-bond donors (Lipinski definition) is 2. The Kier molecular flexibility index (Phi) is 8.64. The maximum atomic E-state index is 12.9. The molecule has 5 fully saturated rings. The summed E-state index contributed by atoms with van der Waals surface area (Å²) in [5, 5.41) is 6.06. The van der Waals surface area contributed by atoms with Gasteiger partial charge < -0.3 is 24.8 Å². The zero-order chi connectivity index (χ0) is 27.6. The van der Waals surface area contributed by atoms with Crippen LogP contribution in [-0.4, -0.2) is 55.3 Å². The Morgan fingerprint density at radius 1 is 1.10 bits per heavy atom. The molecule has 6 rings (SSSR count). The van der Waals surface area contributed by atoms with Crippen LogP contribution in [0.4, 0.5) is 0 Å². The van der Waals surface area contributed by atoms with Crippen LogP contribution in [0.1, 0.15) is 71.3 Å². The number of ether oxygens (including phenoxy) is 3. The Morgan fingerprint density at radius 3 is 2.67 bits per heavy atom. The van der Waals surface area contributed by atoms with Crippen LogP contribution >= 0.6 is 0 Å². The van der Waals surface area contributed by atoms with E-state index in [0.717, 1.165) is 31.2 Å². The maximum Gasteiger partial charge on any atom is 0.306 e. The van der Waals surface area contributed by atoms with Crippen molar-refractivity contribution in [1.29, 1.82) is 0 Å². The van der Waals surface area contributed by atoms with Crippen molar-refractivity contribution in [1.82, 2.24) is 10.6 Å². The van der Waals surface area contributed by atoms with Crippen LogP contribution in [0.3, 0.4) is 0 Å². The minimum Gasteiger partial charge on any atom is -0.461 e. The number of esters is 1. The lowest BCUT2D eigenvalue weighted by atomic mass is 9.57. The summed E-state index contributed by atoms with van der Waals surface area (Å²) in [6, 6.07) is 9.08. The summed E-state index contributed by atoms with van der Waals surface area (Å²) in [7, 11) is 1.73. The van der Waals surface area contributed by atoms with E-state index in [1.54, 1.807) is 7.05 Å². The second-order valence-electron chi connectivity index (χ2n) is 12.0. The van der Waals surface area contributed by atoms with Gasteiger partial charge in [0.15, 0.2) is 11.9 Å². The van der Waals surface area contributed by atoms with E-state index < -0.39 is 23.7 Å². The minimum absolute atomic E-state index is 0.0625. The lowest BCUT2D eigenvalue weighted by molar-refractivity contribution is -0.571. The minimum atomic E-state index is -0.793. The van der Waals surface area contributed by atoms with Crippen LogP contribution in [-0.2, 0) is 40.2 Å². The first kappa shape index (κ1) is 28.5. The molecule has 1 aromatic carbocycles. The Balaban J connectivity index is 1.12. The monoisotopic (exact) mass is 544 g/mol. The summed E-state index contributed by atoms with van der Waals surface area (Å²) < 4.78 is 18.4. The van der Waals surface area contributed by atoms with Gasteiger partial charge in [-0.1, -0.05) is 44.2 Å². The van der Waals surface area contributed by atoms with Crippen molar-refractivity contribution in [2.45, 2.75) is 102 Å². The van der Waals surface area contributed by atoms with Crippen molar-refractivity contribution in [3.05, 3.63) is 35.9 Å². The highest BCUT2D eigenvalue weighted by atomic mass is 17.3. The van der Waals surface area contributed by atoms with Gasteiger partial charge in [-0.3, -0.25) is 9.59 Å². The second-order valence-corrected chi connectivity index (χ2v) is 12.0. The predicted molar refractivity (Wildman–Crippen MR) is 143 cm³/mol. The lowest BCUT2D eigenvalue weighted by Gasteiger charge is -2.60. The Labute approximate surface area is 231 Å². The van der Waals surface area contributed by atoms with Gasteiger partial charge in [0, 0.05) is 25.3 Å². The fraction of sp³-hybridized carbons (Fsp3) is 0.733. The molecule has 2 N–H and O–H groups in total. The molecule has 4 aliphatic heterocycles. The molecule has 4 saturated heterocycles. The van der Waals surface area contributed by atoms with Crippen LogP contribution in [0.2, 0.25) is 0 Å². The maximum absolute atomic E-state index is 12.9. The average Bonchev–Trinajstić information content (AvgIpc) is 3.17. The van der Waals surface area contributed by atoms with Crippen molar-refractivity contribution < 1.29 is 33.6 Å². The van der Waals surface area contributed by atoms with E-state index in [9.17, 15) is 9.59 Å². The molecular weight excluding hydrogens is 500 g/mol. The molecule has 4 heterocycles. The van der Waals surface area contributed by atoms with Gasteiger partial charge in [-0.2, -0.15) is 0 Å². The first-order chi connectivity index (χ1) is 18.8. The number of carbonyl (C=O) groups is 2. The number of rotatable bonds is 10. The Bertz CT molecular complexity index is 1010. The van der Waals surface area contributed by atoms with Crippen LogP contribution in [0, 0.1) is 23.7 Å². The number of carbonyl (C=O) groups excluding carboxylic acids is 2. The second kappa shape index (κ2) is 11.8. The van der Waals surface area contributed by atoms with Crippen LogP contribution in [0.25, 0.3) is 0 Å². The molecule has 1 saturated carbocycles. The summed E-state index contributed by atoms with van der Waals surface area (Å²) in [5.74, 6) is 0.132. The van der Waals surface area contributed by atoms with Crippen LogP contribution in [0.15, 0.2) is 30.3 Å². The fourth-order valence-electron chi connectivity index (χ4n) is 7.25. The van der Waals surface area contributed by atoms with Gasteiger partial charge in [-0.15, -0.1) is 0 Å². The molecule has 2 bridgehead atoms. The predicted octanol–water partition coefficient (Wildman–Crippen LogP) is 3.85. The standard InChI is InChI=1S/C30H44N2O7/c1-19-10-11-23-20(2)25(36-28-30(23)22(19)14-16-29(3,37-28)38-39-30)15-17-32-27(34)24(31-4)12-13-26(33)35-18-21-8-6-5-7-9-21/h5-9,19-20,22-25,28,31H,10-18H2,1-4H3,(H,32,34)/t19-,20-,22+,23+,24+,25-,28-,29+,30-/m1/s1. The van der Waals surface area contributed by atoms with Crippen molar-refractivity contribution >= 4 is 11.9 Å². The molecule has 0 aromatic heterocycles. The van der Waals surface area contributed by atoms with E-state index >= 15 is 0 Å². The molecule has 9 heteroatoms. The molecule has 1 amide bonds. The summed E-state index contributed by atoms with van der Waals surface area (Å²) >= 11 is 0. The van der Waals surface area contributed by atoms with Gasteiger partial charge in [0.05, 0.1) is 12.1 Å². The highest BCUT2D eigenvalue weighted by Crippen LogP contribution is 2.60. The normalized spacial score (nSPS) is 37.8. The number of hydrogen-bond acceptors (Lipinski definition) is 8. The molecule has 1 aliphatic carbocycles. The fourth-order valence-corrected chi connectivity index (χ4v) is 7.25. The van der Waals surface area contributed by atoms with Gasteiger partial charge in [0.1, 0.15) is 6.61 Å². The van der Waals surface area contributed by atoms with Crippen molar-refractivity contribution in [2.24, 2.45) is 23.7 Å². The third-order valence-corrected chi connectivity index (χ3v) is 9.57. The van der Waals surface area contributed by atoms with E-state index in [-0.39, 0.29) is 42.8 Å². The highest BCUT2D eigenvalue weighted by Gasteiger charge is 2.69. The lowest BCUT2D eigenvalue weighted by Crippen LogP contribution is -2.70. The van der Waals surface area contributed by atoms with Crippen LogP contribution < -0.4 is 10.6 Å². The number of benzene rings is 1. The molecule has 1 aromatic rings. The molecule has 9 atom stereocenters. The largest absolute Gasteiger partial charge is 0.461 e. The third kappa shape index (κ3) is 5.75. The van der Waals surface area contributed by atoms with Crippen LogP contribution in [0.5, 0.6) is 0 Å². The van der Waals surface area contributed by atoms with Crippen molar-refractivity contribution in [2.75, 3.05) is 13.6 Å². The summed E-state index contributed by atoms with van der Waals surface area (Å²) in [5.41, 5.74) is 0.367. The van der Waals surface area contributed by atoms with E-state index in [2.05, 4.69) is 24.5 Å². The number of amides is 1. The first-order valence-corrected chi connectivity index (χ1v) is 14.6. The number of likely N-dealkylation sites (N-methyl/N-ethyl adjacent to an activating group) is 1. The van der Waals surface area contributed by atoms with E-state index in [0.29, 0.717) is 31.2 Å².